The van der Waals surface area contributed by atoms with E-state index in [1.54, 1.807) is 0 Å². The maximum Gasteiger partial charge on any atom is 0.233 e. The second kappa shape index (κ2) is 13.2. The zero-order valence-corrected chi connectivity index (χ0v) is 21.9. The normalized spacial score (nSPS) is 22.4. The molecule has 0 aromatic carbocycles. The molecular weight excluding hydrogens is 559 g/mol. The lowest BCUT2D eigenvalue weighted by molar-refractivity contribution is -0.241. The van der Waals surface area contributed by atoms with E-state index < -0.39 is 11.6 Å². The van der Waals surface area contributed by atoms with Gasteiger partial charge in [0.25, 0.3) is 0 Å². The Labute approximate surface area is 207 Å². The Morgan fingerprint density at radius 3 is 1.40 bits per heavy atom. The van der Waals surface area contributed by atoms with Crippen LogP contribution in [0.25, 0.3) is 0 Å². The van der Waals surface area contributed by atoms with Crippen molar-refractivity contribution >= 4 is 55.1 Å². The fourth-order valence-corrected chi connectivity index (χ4v) is 5.02. The second-order valence-electron chi connectivity index (χ2n) is 7.57. The van der Waals surface area contributed by atoms with Crippen LogP contribution in [0, 0.1) is 11.8 Å². The van der Waals surface area contributed by atoms with Crippen LogP contribution in [0.15, 0.2) is 22.1 Å². The molecule has 2 aliphatic heterocycles. The monoisotopic (exact) mass is 586 g/mol. The van der Waals surface area contributed by atoms with E-state index in [-0.39, 0.29) is 10.8 Å². The summed E-state index contributed by atoms with van der Waals surface area (Å²) in [6.07, 6.45) is 5.54. The van der Waals surface area contributed by atoms with Gasteiger partial charge in [-0.3, -0.25) is 0 Å². The van der Waals surface area contributed by atoms with Gasteiger partial charge in [-0.15, -0.1) is 23.2 Å². The van der Waals surface area contributed by atoms with E-state index in [1.807, 2.05) is 0 Å². The predicted octanol–water partition coefficient (Wildman–Crippen LogP) is 6.63. The minimum Gasteiger partial charge on any atom is -0.340 e. The molecule has 2 fully saturated rings. The molecule has 2 aliphatic rings. The van der Waals surface area contributed by atoms with Gasteiger partial charge in [0.2, 0.25) is 11.6 Å². The van der Waals surface area contributed by atoms with Crippen LogP contribution in [0.5, 0.6) is 0 Å². The first-order chi connectivity index (χ1) is 14.2. The van der Waals surface area contributed by atoms with Crippen molar-refractivity contribution in [2.45, 2.75) is 73.7 Å². The quantitative estimate of drug-likeness (QED) is 0.212. The van der Waals surface area contributed by atoms with E-state index in [1.165, 1.54) is 0 Å². The van der Waals surface area contributed by atoms with Crippen molar-refractivity contribution in [3.63, 3.8) is 0 Å². The van der Waals surface area contributed by atoms with E-state index in [9.17, 15) is 0 Å². The van der Waals surface area contributed by atoms with Crippen LogP contribution in [-0.2, 0) is 18.9 Å². The molecule has 0 bridgehead atoms. The summed E-state index contributed by atoms with van der Waals surface area (Å²) in [4.78, 5) is 0. The predicted molar refractivity (Wildman–Crippen MR) is 129 cm³/mol. The van der Waals surface area contributed by atoms with E-state index in [0.29, 0.717) is 65.0 Å². The smallest absolute Gasteiger partial charge is 0.233 e. The Bertz CT molecular complexity index is 583. The topological polar surface area (TPSA) is 36.9 Å². The lowest BCUT2D eigenvalue weighted by atomic mass is 10.0. The molecule has 0 aliphatic carbocycles. The van der Waals surface area contributed by atoms with Crippen LogP contribution < -0.4 is 0 Å². The molecule has 0 N–H and O–H groups in total. The van der Waals surface area contributed by atoms with Crippen molar-refractivity contribution in [1.29, 1.82) is 0 Å². The van der Waals surface area contributed by atoms with Gasteiger partial charge in [-0.05, 0) is 59.3 Å². The van der Waals surface area contributed by atoms with E-state index >= 15 is 0 Å². The van der Waals surface area contributed by atoms with Gasteiger partial charge in [-0.25, -0.2) is 0 Å². The van der Waals surface area contributed by atoms with Gasteiger partial charge in [0.1, 0.15) is 0 Å². The average molecular weight is 589 g/mol. The first kappa shape index (κ1) is 26.7. The van der Waals surface area contributed by atoms with E-state index in [4.69, 9.17) is 42.1 Å². The van der Waals surface area contributed by atoms with Crippen molar-refractivity contribution in [3.8, 4) is 11.8 Å². The third kappa shape index (κ3) is 9.50. The van der Waals surface area contributed by atoms with Crippen molar-refractivity contribution in [3.05, 3.63) is 22.1 Å². The number of ether oxygens (including phenoxy) is 4. The van der Waals surface area contributed by atoms with Crippen LogP contribution in [-0.4, -0.2) is 48.8 Å². The molecule has 0 radical (unpaired) electrons. The highest BCUT2D eigenvalue weighted by molar-refractivity contribution is 9.12. The van der Waals surface area contributed by atoms with Crippen LogP contribution in [0.4, 0.5) is 0 Å². The molecule has 0 unspecified atom stereocenters. The first-order valence-electron chi connectivity index (χ1n) is 10.3. The molecule has 4 nitrogen and oxygen atoms in total. The number of allylic oxidation sites excluding steroid dienone is 2. The first-order valence-corrected chi connectivity index (χ1v) is 12.7. The molecule has 30 heavy (non-hydrogen) atoms. The van der Waals surface area contributed by atoms with Gasteiger partial charge in [-0.2, -0.15) is 0 Å². The number of hydrogen-bond donors (Lipinski definition) is 0. The van der Waals surface area contributed by atoms with Gasteiger partial charge in [0, 0.05) is 23.6 Å². The molecule has 8 heteroatoms. The van der Waals surface area contributed by atoms with Crippen molar-refractivity contribution in [2.75, 3.05) is 26.4 Å². The number of alkyl halides is 2. The Morgan fingerprint density at radius 2 is 1.10 bits per heavy atom. The molecule has 0 amide bonds. The Balaban J connectivity index is 2.11. The zero-order valence-electron chi connectivity index (χ0n) is 17.2. The van der Waals surface area contributed by atoms with E-state index in [2.05, 4.69) is 56.9 Å². The maximum atomic E-state index is 6.43. The Hall–Kier alpha value is 0.420. The number of halogens is 4. The molecule has 0 saturated carbocycles. The minimum atomic E-state index is -0.999. The summed E-state index contributed by atoms with van der Waals surface area (Å²) in [6, 6.07) is 0. The van der Waals surface area contributed by atoms with Gasteiger partial charge >= 0.3 is 0 Å². The molecular formula is C22H30Br2Cl2O4. The third-order valence-corrected chi connectivity index (χ3v) is 6.21. The van der Waals surface area contributed by atoms with Gasteiger partial charge in [0.15, 0.2) is 0 Å². The summed E-state index contributed by atoms with van der Waals surface area (Å²) in [7, 11) is 0. The lowest BCUT2D eigenvalue weighted by Crippen LogP contribution is -2.43. The van der Waals surface area contributed by atoms with Crippen LogP contribution >= 0.6 is 55.1 Å². The summed E-state index contributed by atoms with van der Waals surface area (Å²) in [5.74, 6) is 4.42. The van der Waals surface area contributed by atoms with Crippen molar-refractivity contribution in [1.82, 2.24) is 0 Å². The second-order valence-corrected chi connectivity index (χ2v) is 11.0. The Kier molecular flexibility index (Phi) is 11.7. The highest BCUT2D eigenvalue weighted by Crippen LogP contribution is 2.31. The number of rotatable bonds is 10. The van der Waals surface area contributed by atoms with Gasteiger partial charge < -0.3 is 18.9 Å². The standard InChI is InChI=1S/C22H30Br2Cl2O4/c1-17(23)15-19(25)5-7-21(27-11-3-12-28-21)9-10-22(29-13-4-14-30-22)8-6-20(26)16-18(2)24/h19-20H,1-8,11-16H2/t19-,20-/m1/s1. The van der Waals surface area contributed by atoms with Crippen molar-refractivity contribution < 1.29 is 18.9 Å². The molecule has 2 rings (SSSR count). The molecule has 0 spiro atoms. The SMILES string of the molecule is C=C(Br)C[C@H](Cl)CCC1(C#CC2(CC[C@@H](Cl)CC(=C)Br)OCCCO2)OCCCO1. The van der Waals surface area contributed by atoms with Crippen LogP contribution in [0.3, 0.4) is 0 Å². The van der Waals surface area contributed by atoms with Gasteiger partial charge in [-0.1, -0.05) is 45.0 Å². The summed E-state index contributed by atoms with van der Waals surface area (Å²) < 4.78 is 25.7. The molecule has 2 heterocycles. The number of hydrogen-bond acceptors (Lipinski definition) is 4. The fourth-order valence-electron chi connectivity index (χ4n) is 3.28. The summed E-state index contributed by atoms with van der Waals surface area (Å²) in [5.41, 5.74) is 0. The summed E-state index contributed by atoms with van der Waals surface area (Å²) in [6.45, 7) is 10.1. The summed E-state index contributed by atoms with van der Waals surface area (Å²) in [5, 5.41) is -0.148. The highest BCUT2D eigenvalue weighted by Gasteiger charge is 2.37. The van der Waals surface area contributed by atoms with E-state index in [0.717, 1.165) is 21.8 Å². The molecule has 2 atom stereocenters. The molecule has 170 valence electrons. The summed E-state index contributed by atoms with van der Waals surface area (Å²) >= 11 is 19.6. The molecule has 0 aromatic heterocycles. The van der Waals surface area contributed by atoms with Crippen LogP contribution in [0.1, 0.15) is 51.4 Å². The average Bonchev–Trinajstić information content (AvgIpc) is 2.70. The highest BCUT2D eigenvalue weighted by atomic mass is 79.9. The lowest BCUT2D eigenvalue weighted by Gasteiger charge is -2.36. The zero-order chi connectivity index (χ0) is 22.0. The largest absolute Gasteiger partial charge is 0.340 e. The van der Waals surface area contributed by atoms with Crippen molar-refractivity contribution in [2.24, 2.45) is 0 Å². The fraction of sp³-hybridized carbons (Fsp3) is 0.727. The maximum absolute atomic E-state index is 6.43. The minimum absolute atomic E-state index is 0.0739. The molecule has 0 aromatic rings. The Morgan fingerprint density at radius 1 is 0.767 bits per heavy atom. The van der Waals surface area contributed by atoms with Gasteiger partial charge in [0.05, 0.1) is 26.4 Å². The molecule has 2 saturated heterocycles. The van der Waals surface area contributed by atoms with Crippen LogP contribution in [0.2, 0.25) is 0 Å². The third-order valence-electron chi connectivity index (χ3n) is 4.82.